The molecule has 0 aromatic heterocycles. The van der Waals surface area contributed by atoms with E-state index in [4.69, 9.17) is 0 Å². The van der Waals surface area contributed by atoms with E-state index in [1.54, 1.807) is 0 Å². The minimum Gasteiger partial charge on any atom is -0.179 e. The lowest BCUT2D eigenvalue weighted by atomic mass is 10.1. The van der Waals surface area contributed by atoms with Gasteiger partial charge in [-0.25, -0.2) is 0 Å². The molecule has 13 heavy (non-hydrogen) atoms. The topological polar surface area (TPSA) is 0 Å². The maximum atomic E-state index is 4.21. The Morgan fingerprint density at radius 1 is 0.615 bits per heavy atom. The summed E-state index contributed by atoms with van der Waals surface area (Å²) in [7, 11) is 1.40. The van der Waals surface area contributed by atoms with Crippen LogP contribution < -0.4 is 0 Å². The second-order valence-electron chi connectivity index (χ2n) is 3.91. The first-order valence-corrected chi connectivity index (χ1v) is 8.07. The molecule has 0 N–H and O–H groups in total. The van der Waals surface area contributed by atoms with Crippen LogP contribution in [0, 0.1) is 0 Å². The molecule has 0 saturated carbocycles. The summed E-state index contributed by atoms with van der Waals surface area (Å²) in [6.07, 6.45) is 13.0. The Morgan fingerprint density at radius 3 is 1.38 bits per heavy atom. The van der Waals surface area contributed by atoms with E-state index in [0.717, 1.165) is 5.75 Å². The quantitative estimate of drug-likeness (QED) is 0.325. The fourth-order valence-corrected chi connectivity index (χ4v) is 2.32. The maximum absolute atomic E-state index is 4.21. The summed E-state index contributed by atoms with van der Waals surface area (Å²) < 4.78 is 0. The third kappa shape index (κ3) is 12.6. The zero-order valence-electron chi connectivity index (χ0n) is 9.23. The Hall–Kier alpha value is 0.567. The summed E-state index contributed by atoms with van der Waals surface area (Å²) in [5.41, 5.74) is 0. The van der Waals surface area contributed by atoms with Crippen molar-refractivity contribution < 1.29 is 0 Å². The second kappa shape index (κ2) is 12.6. The summed E-state index contributed by atoms with van der Waals surface area (Å²) in [4.78, 5) is 0. The molecule has 0 unspecified atom stereocenters. The molecule has 0 aliphatic carbocycles. The summed E-state index contributed by atoms with van der Waals surface area (Å²) >= 11 is 4.21. The molecule has 0 aromatic rings. The fraction of sp³-hybridized carbons (Fsp3) is 1.00. The molecular formula is C11H26SSi. The van der Waals surface area contributed by atoms with E-state index in [-0.39, 0.29) is 0 Å². The Bertz CT molecular complexity index is 76.2. The molecule has 0 heterocycles. The van der Waals surface area contributed by atoms with Gasteiger partial charge in [-0.2, -0.15) is 12.6 Å². The van der Waals surface area contributed by atoms with Crippen LogP contribution in [0.2, 0.25) is 6.04 Å². The van der Waals surface area contributed by atoms with Crippen molar-refractivity contribution in [1.29, 1.82) is 0 Å². The molecular weight excluding hydrogens is 192 g/mol. The van der Waals surface area contributed by atoms with Crippen molar-refractivity contribution in [2.75, 3.05) is 5.75 Å². The van der Waals surface area contributed by atoms with Crippen LogP contribution in [-0.4, -0.2) is 16.0 Å². The number of rotatable bonds is 10. The van der Waals surface area contributed by atoms with Gasteiger partial charge < -0.3 is 0 Å². The van der Waals surface area contributed by atoms with Crippen molar-refractivity contribution in [3.8, 4) is 0 Å². The van der Waals surface area contributed by atoms with Crippen molar-refractivity contribution in [3.05, 3.63) is 0 Å². The van der Waals surface area contributed by atoms with Crippen LogP contribution in [0.15, 0.2) is 0 Å². The third-order valence-corrected chi connectivity index (χ3v) is 3.54. The van der Waals surface area contributed by atoms with E-state index in [9.17, 15) is 0 Å². The minimum absolute atomic E-state index is 1.07. The molecule has 0 atom stereocenters. The van der Waals surface area contributed by atoms with Crippen LogP contribution in [0.25, 0.3) is 0 Å². The van der Waals surface area contributed by atoms with Gasteiger partial charge in [0.2, 0.25) is 0 Å². The van der Waals surface area contributed by atoms with Crippen molar-refractivity contribution in [1.82, 2.24) is 0 Å². The van der Waals surface area contributed by atoms with Gasteiger partial charge in [0.1, 0.15) is 0 Å². The third-order valence-electron chi connectivity index (χ3n) is 2.51. The highest BCUT2D eigenvalue weighted by Gasteiger charge is 1.91. The lowest BCUT2D eigenvalue weighted by molar-refractivity contribution is 0.573. The SMILES string of the molecule is [SiH3]CCCCCCCCCCCS. The zero-order valence-corrected chi connectivity index (χ0v) is 12.1. The zero-order chi connectivity index (χ0) is 9.78. The van der Waals surface area contributed by atoms with Crippen LogP contribution in [-0.2, 0) is 0 Å². The number of hydrogen-bond donors (Lipinski definition) is 1. The number of hydrogen-bond acceptors (Lipinski definition) is 1. The van der Waals surface area contributed by atoms with Crippen LogP contribution in [0.3, 0.4) is 0 Å². The molecule has 0 aliphatic rings. The van der Waals surface area contributed by atoms with Gasteiger partial charge in [0.25, 0.3) is 0 Å². The van der Waals surface area contributed by atoms with Gasteiger partial charge in [0.05, 0.1) is 0 Å². The van der Waals surface area contributed by atoms with E-state index in [2.05, 4.69) is 12.6 Å². The van der Waals surface area contributed by atoms with Crippen LogP contribution >= 0.6 is 12.6 Å². The Morgan fingerprint density at radius 2 is 1.00 bits per heavy atom. The average molecular weight is 218 g/mol. The van der Waals surface area contributed by atoms with Gasteiger partial charge in [-0.1, -0.05) is 57.4 Å². The first kappa shape index (κ1) is 13.6. The van der Waals surface area contributed by atoms with Crippen molar-refractivity contribution in [3.63, 3.8) is 0 Å². The molecule has 0 spiro atoms. The van der Waals surface area contributed by atoms with Gasteiger partial charge in [-0.05, 0) is 12.2 Å². The molecule has 0 radical (unpaired) electrons. The van der Waals surface area contributed by atoms with Crippen LogP contribution in [0.5, 0.6) is 0 Å². The first-order valence-electron chi connectivity index (χ1n) is 6.02. The molecule has 0 fully saturated rings. The van der Waals surface area contributed by atoms with Crippen molar-refractivity contribution >= 4 is 22.9 Å². The molecule has 0 nitrogen and oxygen atoms in total. The van der Waals surface area contributed by atoms with Crippen LogP contribution in [0.4, 0.5) is 0 Å². The lowest BCUT2D eigenvalue weighted by Gasteiger charge is -2.00. The summed E-state index contributed by atoms with van der Waals surface area (Å²) in [6.45, 7) is 0. The minimum atomic E-state index is 1.07. The van der Waals surface area contributed by atoms with E-state index in [1.807, 2.05) is 0 Å². The van der Waals surface area contributed by atoms with Gasteiger partial charge in [-0.15, -0.1) is 0 Å². The van der Waals surface area contributed by atoms with E-state index < -0.39 is 0 Å². The Balaban J connectivity index is 2.76. The Labute approximate surface area is 92.7 Å². The average Bonchev–Trinajstić information content (AvgIpc) is 2.16. The molecule has 0 aliphatic heterocycles. The lowest BCUT2D eigenvalue weighted by Crippen LogP contribution is -1.82. The standard InChI is InChI=1S/C11H26SSi/c12-10-8-6-4-2-1-3-5-7-9-11-13/h12H,1-11H2,13H3. The van der Waals surface area contributed by atoms with Gasteiger partial charge in [-0.3, -0.25) is 0 Å². The summed E-state index contributed by atoms with van der Waals surface area (Å²) in [5, 5.41) is 0. The summed E-state index contributed by atoms with van der Waals surface area (Å²) in [6, 6.07) is 1.50. The first-order chi connectivity index (χ1) is 6.41. The smallest absolute Gasteiger partial charge is 0.00279 e. The molecule has 0 aromatic carbocycles. The molecule has 0 saturated heterocycles. The predicted molar refractivity (Wildman–Crippen MR) is 70.2 cm³/mol. The van der Waals surface area contributed by atoms with Crippen LogP contribution in [0.1, 0.15) is 57.8 Å². The second-order valence-corrected chi connectivity index (χ2v) is 5.35. The normalized spacial score (nSPS) is 10.8. The molecule has 80 valence electrons. The Kier molecular flexibility index (Phi) is 13.1. The number of unbranched alkanes of at least 4 members (excludes halogenated alkanes) is 8. The largest absolute Gasteiger partial charge is 0.179 e. The molecule has 0 bridgehead atoms. The van der Waals surface area contributed by atoms with E-state index >= 15 is 0 Å². The predicted octanol–water partition coefficient (Wildman–Crippen LogP) is 3.21. The van der Waals surface area contributed by atoms with Gasteiger partial charge >= 0.3 is 0 Å². The fourth-order valence-electron chi connectivity index (χ4n) is 1.60. The van der Waals surface area contributed by atoms with Gasteiger partial charge in [0, 0.05) is 10.2 Å². The molecule has 2 heteroatoms. The van der Waals surface area contributed by atoms with Crippen molar-refractivity contribution in [2.24, 2.45) is 0 Å². The molecule has 0 amide bonds. The van der Waals surface area contributed by atoms with E-state index in [0.29, 0.717) is 0 Å². The van der Waals surface area contributed by atoms with E-state index in [1.165, 1.54) is 74.1 Å². The molecule has 0 rings (SSSR count). The van der Waals surface area contributed by atoms with Gasteiger partial charge in [0.15, 0.2) is 0 Å². The highest BCUT2D eigenvalue weighted by molar-refractivity contribution is 7.80. The number of thiol groups is 1. The summed E-state index contributed by atoms with van der Waals surface area (Å²) in [5.74, 6) is 1.07. The highest BCUT2D eigenvalue weighted by Crippen LogP contribution is 2.10. The maximum Gasteiger partial charge on any atom is 0.00279 e. The van der Waals surface area contributed by atoms with Crippen molar-refractivity contribution in [2.45, 2.75) is 63.8 Å². The monoisotopic (exact) mass is 218 g/mol. The highest BCUT2D eigenvalue weighted by atomic mass is 32.1.